The van der Waals surface area contributed by atoms with Crippen LogP contribution in [0.4, 0.5) is 0 Å². The van der Waals surface area contributed by atoms with E-state index >= 15 is 0 Å². The van der Waals surface area contributed by atoms with Crippen LogP contribution in [0.1, 0.15) is 6.92 Å². The first-order valence-corrected chi connectivity index (χ1v) is 3.87. The maximum Gasteiger partial charge on any atom is 0.0291 e. The van der Waals surface area contributed by atoms with E-state index in [1.165, 1.54) is 0 Å². The Morgan fingerprint density at radius 2 is 2.33 bits per heavy atom. The summed E-state index contributed by atoms with van der Waals surface area (Å²) < 4.78 is 0. The van der Waals surface area contributed by atoms with Gasteiger partial charge in [-0.3, -0.25) is 0 Å². The topological polar surface area (TPSA) is 12.0 Å². The molecule has 9 heavy (non-hydrogen) atoms. The van der Waals surface area contributed by atoms with Crippen molar-refractivity contribution < 1.29 is 0 Å². The van der Waals surface area contributed by atoms with Crippen LogP contribution in [0.25, 0.3) is 0 Å². The number of allylic oxidation sites excluding steroid dienone is 3. The Morgan fingerprint density at radius 1 is 1.67 bits per heavy atom. The molecule has 0 rings (SSSR count). The maximum atomic E-state index is 3.05. The Labute approximate surface area is 59.4 Å². The van der Waals surface area contributed by atoms with E-state index in [2.05, 4.69) is 26.7 Å². The molecular formula is C7H14NP. The van der Waals surface area contributed by atoms with Crippen LogP contribution in [-0.2, 0) is 0 Å². The number of hydrogen-bond donors (Lipinski definition) is 1. The standard InChI is InChI=1S/C7H14NP/c1-3-7(8-2)5-4-6-9/h3-5,8H,6,9H2,1-2H3/b5-4-,7-3+. The van der Waals surface area contributed by atoms with E-state index in [4.69, 9.17) is 0 Å². The van der Waals surface area contributed by atoms with Gasteiger partial charge in [0.2, 0.25) is 0 Å². The molecule has 1 nitrogen and oxygen atoms in total. The zero-order valence-electron chi connectivity index (χ0n) is 6.02. The molecule has 0 heterocycles. The fraction of sp³-hybridized carbons (Fsp3) is 0.429. The molecule has 0 fully saturated rings. The molecule has 0 aliphatic carbocycles. The summed E-state index contributed by atoms with van der Waals surface area (Å²) in [7, 11) is 4.56. The fourth-order valence-electron chi connectivity index (χ4n) is 0.519. The first-order chi connectivity index (χ1) is 4.35. The summed E-state index contributed by atoms with van der Waals surface area (Å²) in [5, 5.41) is 3.05. The molecule has 1 unspecified atom stereocenters. The molecule has 0 amide bonds. The van der Waals surface area contributed by atoms with Crippen molar-refractivity contribution >= 4 is 9.24 Å². The average molecular weight is 143 g/mol. The van der Waals surface area contributed by atoms with Crippen molar-refractivity contribution in [3.05, 3.63) is 23.9 Å². The third-order valence-electron chi connectivity index (χ3n) is 1.03. The summed E-state index contributed by atoms with van der Waals surface area (Å²) in [4.78, 5) is 0. The van der Waals surface area contributed by atoms with Gasteiger partial charge in [-0.1, -0.05) is 12.2 Å². The van der Waals surface area contributed by atoms with Gasteiger partial charge in [0.15, 0.2) is 0 Å². The Hall–Kier alpha value is -0.290. The lowest BCUT2D eigenvalue weighted by atomic mass is 10.4. The van der Waals surface area contributed by atoms with Gasteiger partial charge in [0.1, 0.15) is 0 Å². The molecule has 2 heteroatoms. The molecule has 0 spiro atoms. The molecular weight excluding hydrogens is 129 g/mol. The van der Waals surface area contributed by atoms with Crippen molar-refractivity contribution in [3.8, 4) is 0 Å². The summed E-state index contributed by atoms with van der Waals surface area (Å²) in [5.74, 6) is 0. The zero-order valence-corrected chi connectivity index (χ0v) is 7.17. The van der Waals surface area contributed by atoms with Gasteiger partial charge >= 0.3 is 0 Å². The van der Waals surface area contributed by atoms with Gasteiger partial charge in [-0.25, -0.2) is 0 Å². The number of likely N-dealkylation sites (N-methyl/N-ethyl adjacent to an activating group) is 1. The molecule has 0 aromatic heterocycles. The maximum absolute atomic E-state index is 3.05. The fourth-order valence-corrected chi connectivity index (χ4v) is 0.655. The summed E-state index contributed by atoms with van der Waals surface area (Å²) in [6.07, 6.45) is 7.21. The number of rotatable bonds is 3. The first-order valence-electron chi connectivity index (χ1n) is 3.05. The number of nitrogens with one attached hydrogen (secondary N) is 1. The highest BCUT2D eigenvalue weighted by molar-refractivity contribution is 7.16. The molecule has 0 saturated heterocycles. The zero-order chi connectivity index (χ0) is 7.11. The van der Waals surface area contributed by atoms with E-state index < -0.39 is 0 Å². The van der Waals surface area contributed by atoms with Crippen molar-refractivity contribution in [2.24, 2.45) is 0 Å². The largest absolute Gasteiger partial charge is 0.388 e. The Morgan fingerprint density at radius 3 is 2.67 bits per heavy atom. The Kier molecular flexibility index (Phi) is 5.65. The lowest BCUT2D eigenvalue weighted by molar-refractivity contribution is 1.03. The lowest BCUT2D eigenvalue weighted by Gasteiger charge is -1.96. The average Bonchev–Trinajstić information content (AvgIpc) is 1.91. The quantitative estimate of drug-likeness (QED) is 0.466. The predicted octanol–water partition coefficient (Wildman–Crippen LogP) is 1.54. The highest BCUT2D eigenvalue weighted by Gasteiger charge is 1.78. The highest BCUT2D eigenvalue weighted by atomic mass is 31.0. The molecule has 1 N–H and O–H groups in total. The van der Waals surface area contributed by atoms with Crippen LogP contribution in [0.5, 0.6) is 0 Å². The van der Waals surface area contributed by atoms with Gasteiger partial charge in [-0.05, 0) is 19.2 Å². The highest BCUT2D eigenvalue weighted by Crippen LogP contribution is 1.91. The SMILES string of the molecule is C/C=C(\C=C/CP)NC. The first kappa shape index (κ1) is 8.71. The van der Waals surface area contributed by atoms with Crippen LogP contribution in [0.3, 0.4) is 0 Å². The third kappa shape index (κ3) is 4.23. The second-order valence-electron chi connectivity index (χ2n) is 1.63. The van der Waals surface area contributed by atoms with E-state index in [0.717, 1.165) is 11.9 Å². The van der Waals surface area contributed by atoms with Gasteiger partial charge in [0.05, 0.1) is 0 Å². The van der Waals surface area contributed by atoms with E-state index in [1.54, 1.807) is 0 Å². The molecule has 0 saturated carbocycles. The summed E-state index contributed by atoms with van der Waals surface area (Å²) >= 11 is 0. The van der Waals surface area contributed by atoms with Crippen molar-refractivity contribution in [2.75, 3.05) is 13.2 Å². The monoisotopic (exact) mass is 143 g/mol. The second kappa shape index (κ2) is 5.84. The van der Waals surface area contributed by atoms with Crippen molar-refractivity contribution in [3.63, 3.8) is 0 Å². The smallest absolute Gasteiger partial charge is 0.0291 e. The van der Waals surface area contributed by atoms with E-state index in [-0.39, 0.29) is 0 Å². The minimum Gasteiger partial charge on any atom is -0.388 e. The molecule has 0 aromatic rings. The minimum atomic E-state index is 1.01. The van der Waals surface area contributed by atoms with Gasteiger partial charge in [-0.2, -0.15) is 0 Å². The second-order valence-corrected chi connectivity index (χ2v) is 2.10. The Balaban J connectivity index is 3.70. The number of hydrogen-bond acceptors (Lipinski definition) is 1. The van der Waals surface area contributed by atoms with Crippen LogP contribution >= 0.6 is 9.24 Å². The van der Waals surface area contributed by atoms with Crippen molar-refractivity contribution in [2.45, 2.75) is 6.92 Å². The van der Waals surface area contributed by atoms with Crippen LogP contribution < -0.4 is 5.32 Å². The van der Waals surface area contributed by atoms with Crippen LogP contribution in [-0.4, -0.2) is 13.2 Å². The van der Waals surface area contributed by atoms with Crippen molar-refractivity contribution in [1.29, 1.82) is 0 Å². The van der Waals surface area contributed by atoms with Crippen LogP contribution in [0, 0.1) is 0 Å². The van der Waals surface area contributed by atoms with Gasteiger partial charge < -0.3 is 5.32 Å². The molecule has 1 atom stereocenters. The molecule has 0 aliphatic heterocycles. The Bertz CT molecular complexity index is 116. The van der Waals surface area contributed by atoms with E-state index in [0.29, 0.717) is 0 Å². The van der Waals surface area contributed by atoms with E-state index in [1.807, 2.05) is 20.0 Å². The molecule has 0 bridgehead atoms. The molecule has 52 valence electrons. The van der Waals surface area contributed by atoms with Crippen molar-refractivity contribution in [1.82, 2.24) is 5.32 Å². The molecule has 0 aliphatic rings. The minimum absolute atomic E-state index is 1.01. The van der Waals surface area contributed by atoms with Crippen LogP contribution in [0.2, 0.25) is 0 Å². The normalized spacial score (nSPS) is 12.6. The third-order valence-corrected chi connectivity index (χ3v) is 1.31. The van der Waals surface area contributed by atoms with Crippen LogP contribution in [0.15, 0.2) is 23.9 Å². The summed E-state index contributed by atoms with van der Waals surface area (Å²) in [5.41, 5.74) is 1.16. The molecule has 0 radical (unpaired) electrons. The lowest BCUT2D eigenvalue weighted by Crippen LogP contribution is -2.01. The van der Waals surface area contributed by atoms with Gasteiger partial charge in [0.25, 0.3) is 0 Å². The van der Waals surface area contributed by atoms with E-state index in [9.17, 15) is 0 Å². The van der Waals surface area contributed by atoms with Gasteiger partial charge in [-0.15, -0.1) is 9.24 Å². The molecule has 0 aromatic carbocycles. The summed E-state index contributed by atoms with van der Waals surface area (Å²) in [6.45, 7) is 2.01. The summed E-state index contributed by atoms with van der Waals surface area (Å²) in [6, 6.07) is 0. The van der Waals surface area contributed by atoms with Gasteiger partial charge in [0, 0.05) is 12.7 Å². The predicted molar refractivity (Wildman–Crippen MR) is 46.5 cm³/mol.